The molecule has 1 fully saturated rings. The normalized spacial score (nSPS) is 22.9. The Hall–Kier alpha value is -1.84. The van der Waals surface area contributed by atoms with Gasteiger partial charge >= 0.3 is 5.97 Å². The molecule has 3 atom stereocenters. The van der Waals surface area contributed by atoms with Gasteiger partial charge in [0.15, 0.2) is 0 Å². The van der Waals surface area contributed by atoms with Crippen molar-refractivity contribution in [2.45, 2.75) is 39.2 Å². The van der Waals surface area contributed by atoms with Crippen molar-refractivity contribution in [2.24, 2.45) is 11.3 Å². The van der Waals surface area contributed by atoms with E-state index < -0.39 is 17.3 Å². The standard InChI is InChI=1S/C16H21NO3/c1-16(2,3)13(15(19)20)14(18)17-12-9-11(12)10-7-5-4-6-8-10/h4-8,11-13H,9H2,1-3H3,(H,17,18)(H,19,20). The average Bonchev–Trinajstić information content (AvgIpc) is 3.06. The molecule has 0 spiro atoms. The van der Waals surface area contributed by atoms with Gasteiger partial charge in [-0.05, 0) is 17.4 Å². The Morgan fingerprint density at radius 1 is 1.25 bits per heavy atom. The van der Waals surface area contributed by atoms with E-state index in [0.29, 0.717) is 5.92 Å². The number of benzene rings is 1. The molecule has 2 N–H and O–H groups in total. The molecule has 1 aromatic rings. The lowest BCUT2D eigenvalue weighted by molar-refractivity contribution is -0.151. The van der Waals surface area contributed by atoms with Crippen LogP contribution in [0.25, 0.3) is 0 Å². The number of hydrogen-bond acceptors (Lipinski definition) is 2. The van der Waals surface area contributed by atoms with Crippen LogP contribution in [0.2, 0.25) is 0 Å². The van der Waals surface area contributed by atoms with Gasteiger partial charge in [0, 0.05) is 12.0 Å². The van der Waals surface area contributed by atoms with Crippen LogP contribution in [0, 0.1) is 11.3 Å². The molecule has 0 heterocycles. The highest BCUT2D eigenvalue weighted by Crippen LogP contribution is 2.41. The van der Waals surface area contributed by atoms with Gasteiger partial charge in [0.1, 0.15) is 5.92 Å². The van der Waals surface area contributed by atoms with Gasteiger partial charge in [-0.2, -0.15) is 0 Å². The maximum atomic E-state index is 12.2. The molecule has 2 rings (SSSR count). The molecular formula is C16H21NO3. The first kappa shape index (κ1) is 14.6. The molecule has 4 heteroatoms. The van der Waals surface area contributed by atoms with Crippen LogP contribution >= 0.6 is 0 Å². The second-order valence-electron chi connectivity index (χ2n) is 6.51. The number of carboxylic acids is 1. The molecule has 1 amide bonds. The highest BCUT2D eigenvalue weighted by molar-refractivity contribution is 5.98. The second-order valence-corrected chi connectivity index (χ2v) is 6.51. The number of carbonyl (C=O) groups excluding carboxylic acids is 1. The Kier molecular flexibility index (Phi) is 3.84. The summed E-state index contributed by atoms with van der Waals surface area (Å²) in [6.07, 6.45) is 0.881. The molecule has 0 bridgehead atoms. The maximum Gasteiger partial charge on any atom is 0.316 e. The van der Waals surface area contributed by atoms with Gasteiger partial charge < -0.3 is 10.4 Å². The Morgan fingerprint density at radius 2 is 1.85 bits per heavy atom. The second kappa shape index (κ2) is 5.27. The van der Waals surface area contributed by atoms with Crippen LogP contribution in [-0.4, -0.2) is 23.0 Å². The number of aliphatic carboxylic acids is 1. The summed E-state index contributed by atoms with van der Waals surface area (Å²) in [4.78, 5) is 23.4. The zero-order valence-electron chi connectivity index (χ0n) is 12.1. The fourth-order valence-corrected chi connectivity index (χ4v) is 2.57. The van der Waals surface area contributed by atoms with Gasteiger partial charge in [0.2, 0.25) is 5.91 Å². The number of nitrogens with one attached hydrogen (secondary N) is 1. The summed E-state index contributed by atoms with van der Waals surface area (Å²) in [5.74, 6) is -2.14. The van der Waals surface area contributed by atoms with Crippen molar-refractivity contribution in [1.29, 1.82) is 0 Å². The summed E-state index contributed by atoms with van der Waals surface area (Å²) in [5, 5.41) is 12.1. The van der Waals surface area contributed by atoms with Gasteiger partial charge in [0.05, 0.1) is 0 Å². The molecule has 0 aromatic heterocycles. The topological polar surface area (TPSA) is 66.4 Å². The molecular weight excluding hydrogens is 254 g/mol. The summed E-state index contributed by atoms with van der Waals surface area (Å²) in [6, 6.07) is 10.0. The highest BCUT2D eigenvalue weighted by Gasteiger charge is 2.44. The first-order chi connectivity index (χ1) is 9.30. The number of rotatable bonds is 4. The minimum Gasteiger partial charge on any atom is -0.481 e. The van der Waals surface area contributed by atoms with Crippen LogP contribution in [0.4, 0.5) is 0 Å². The molecule has 0 radical (unpaired) electrons. The Morgan fingerprint density at radius 3 is 2.35 bits per heavy atom. The van der Waals surface area contributed by atoms with Gasteiger partial charge in [-0.25, -0.2) is 0 Å². The van der Waals surface area contributed by atoms with E-state index >= 15 is 0 Å². The molecule has 1 aliphatic rings. The molecule has 1 aromatic carbocycles. The van der Waals surface area contributed by atoms with Crippen LogP contribution in [0.3, 0.4) is 0 Å². The van der Waals surface area contributed by atoms with E-state index in [1.54, 1.807) is 20.8 Å². The third kappa shape index (κ3) is 3.18. The number of carboxylic acid groups (broad SMARTS) is 1. The number of hydrogen-bond donors (Lipinski definition) is 2. The smallest absolute Gasteiger partial charge is 0.316 e. The lowest BCUT2D eigenvalue weighted by atomic mass is 9.80. The molecule has 4 nitrogen and oxygen atoms in total. The molecule has 0 aliphatic heterocycles. The van der Waals surface area contributed by atoms with E-state index in [-0.39, 0.29) is 11.9 Å². The van der Waals surface area contributed by atoms with E-state index in [4.69, 9.17) is 0 Å². The summed E-state index contributed by atoms with van der Waals surface area (Å²) < 4.78 is 0. The third-order valence-electron chi connectivity index (χ3n) is 3.72. The van der Waals surface area contributed by atoms with E-state index in [2.05, 4.69) is 5.32 Å². The average molecular weight is 275 g/mol. The zero-order valence-corrected chi connectivity index (χ0v) is 12.1. The van der Waals surface area contributed by atoms with E-state index in [1.165, 1.54) is 5.56 Å². The van der Waals surface area contributed by atoms with Crippen LogP contribution < -0.4 is 5.32 Å². The van der Waals surface area contributed by atoms with Crippen molar-refractivity contribution >= 4 is 11.9 Å². The predicted molar refractivity (Wildman–Crippen MR) is 76.3 cm³/mol. The molecule has 1 saturated carbocycles. The fourth-order valence-electron chi connectivity index (χ4n) is 2.57. The van der Waals surface area contributed by atoms with Crippen LogP contribution in [0.1, 0.15) is 38.7 Å². The zero-order chi connectivity index (χ0) is 14.9. The van der Waals surface area contributed by atoms with Crippen LogP contribution in [0.15, 0.2) is 30.3 Å². The Bertz CT molecular complexity index is 504. The monoisotopic (exact) mass is 275 g/mol. The minimum absolute atomic E-state index is 0.0640. The molecule has 1 aliphatic carbocycles. The highest BCUT2D eigenvalue weighted by atomic mass is 16.4. The summed E-state index contributed by atoms with van der Waals surface area (Å²) >= 11 is 0. The third-order valence-corrected chi connectivity index (χ3v) is 3.72. The van der Waals surface area contributed by atoms with Crippen molar-refractivity contribution in [1.82, 2.24) is 5.32 Å². The van der Waals surface area contributed by atoms with Gasteiger partial charge in [-0.3, -0.25) is 9.59 Å². The first-order valence-corrected chi connectivity index (χ1v) is 6.89. The van der Waals surface area contributed by atoms with Crippen molar-refractivity contribution in [3.63, 3.8) is 0 Å². The van der Waals surface area contributed by atoms with Gasteiger partial charge in [-0.1, -0.05) is 51.1 Å². The maximum absolute atomic E-state index is 12.2. The molecule has 0 saturated heterocycles. The Balaban J connectivity index is 1.98. The van der Waals surface area contributed by atoms with E-state index in [1.807, 2.05) is 30.3 Å². The lowest BCUT2D eigenvalue weighted by Gasteiger charge is -2.26. The minimum atomic E-state index is -1.06. The number of amides is 1. The lowest BCUT2D eigenvalue weighted by Crippen LogP contribution is -2.43. The van der Waals surface area contributed by atoms with Gasteiger partial charge in [0.25, 0.3) is 0 Å². The van der Waals surface area contributed by atoms with Gasteiger partial charge in [-0.15, -0.1) is 0 Å². The molecule has 20 heavy (non-hydrogen) atoms. The van der Waals surface area contributed by atoms with Crippen molar-refractivity contribution in [2.75, 3.05) is 0 Å². The van der Waals surface area contributed by atoms with Crippen molar-refractivity contribution < 1.29 is 14.7 Å². The van der Waals surface area contributed by atoms with E-state index in [0.717, 1.165) is 6.42 Å². The van der Waals surface area contributed by atoms with Crippen molar-refractivity contribution in [3.05, 3.63) is 35.9 Å². The summed E-state index contributed by atoms with van der Waals surface area (Å²) in [6.45, 7) is 5.31. The molecule has 3 unspecified atom stereocenters. The first-order valence-electron chi connectivity index (χ1n) is 6.89. The van der Waals surface area contributed by atoms with Crippen molar-refractivity contribution in [3.8, 4) is 0 Å². The quantitative estimate of drug-likeness (QED) is 0.829. The summed E-state index contributed by atoms with van der Waals surface area (Å²) in [7, 11) is 0. The number of carbonyl (C=O) groups is 2. The Labute approximate surface area is 119 Å². The van der Waals surface area contributed by atoms with Crippen LogP contribution in [0.5, 0.6) is 0 Å². The van der Waals surface area contributed by atoms with E-state index in [9.17, 15) is 14.7 Å². The SMILES string of the molecule is CC(C)(C)C(C(=O)O)C(=O)NC1CC1c1ccccc1. The predicted octanol–water partition coefficient (Wildman–Crippen LogP) is 2.41. The largest absolute Gasteiger partial charge is 0.481 e. The molecule has 108 valence electrons. The summed E-state index contributed by atoms with van der Waals surface area (Å²) in [5.41, 5.74) is 0.605. The fraction of sp³-hybridized carbons (Fsp3) is 0.500. The van der Waals surface area contributed by atoms with Crippen LogP contribution in [-0.2, 0) is 9.59 Å².